The van der Waals surface area contributed by atoms with Crippen molar-refractivity contribution in [1.82, 2.24) is 15.6 Å². The smallest absolute Gasteiger partial charge is 0.220 e. The molecule has 0 radical (unpaired) electrons. The largest absolute Gasteiger partial charge is 0.344 e. The molecule has 116 valence electrons. The van der Waals surface area contributed by atoms with Gasteiger partial charge in [-0.2, -0.15) is 0 Å². The lowest BCUT2D eigenvalue weighted by atomic mass is 9.97. The lowest BCUT2D eigenvalue weighted by molar-refractivity contribution is -0.123. The highest BCUT2D eigenvalue weighted by Gasteiger charge is 2.39. The van der Waals surface area contributed by atoms with Crippen molar-refractivity contribution >= 4 is 17.2 Å². The normalized spacial score (nSPS) is 24.3. The first-order chi connectivity index (χ1) is 10.2. The molecule has 1 aliphatic heterocycles. The molecule has 3 rings (SSSR count). The average molecular weight is 307 g/mol. The van der Waals surface area contributed by atoms with Gasteiger partial charge in [0.05, 0.1) is 5.54 Å². The van der Waals surface area contributed by atoms with Crippen LogP contribution in [0.5, 0.6) is 0 Å². The molecule has 1 aliphatic carbocycles. The van der Waals surface area contributed by atoms with Gasteiger partial charge >= 0.3 is 0 Å². The summed E-state index contributed by atoms with van der Waals surface area (Å²) in [6.45, 7) is 4.20. The van der Waals surface area contributed by atoms with Crippen LogP contribution in [-0.4, -0.2) is 24.0 Å². The van der Waals surface area contributed by atoms with E-state index in [-0.39, 0.29) is 11.4 Å². The van der Waals surface area contributed by atoms with Crippen molar-refractivity contribution in [3.8, 4) is 0 Å². The minimum atomic E-state index is -0.177. The third kappa shape index (κ3) is 3.46. The number of carbonyl (C=O) groups is 1. The molecule has 1 saturated heterocycles. The fourth-order valence-electron chi connectivity index (χ4n) is 3.57. The first-order valence-electron chi connectivity index (χ1n) is 8.12. The minimum Gasteiger partial charge on any atom is -0.344 e. The number of aromatic nitrogens is 1. The third-order valence-corrected chi connectivity index (χ3v) is 5.97. The molecule has 4 nitrogen and oxygen atoms in total. The summed E-state index contributed by atoms with van der Waals surface area (Å²) in [4.78, 5) is 17.0. The molecule has 2 aliphatic rings. The lowest BCUT2D eigenvalue weighted by Gasteiger charge is -2.28. The van der Waals surface area contributed by atoms with Gasteiger partial charge in [-0.3, -0.25) is 4.79 Å². The van der Waals surface area contributed by atoms with Crippen LogP contribution in [0.15, 0.2) is 5.38 Å². The van der Waals surface area contributed by atoms with Crippen molar-refractivity contribution in [3.63, 3.8) is 0 Å². The summed E-state index contributed by atoms with van der Waals surface area (Å²) in [6.07, 6.45) is 7.32. The molecule has 21 heavy (non-hydrogen) atoms. The molecule has 5 heteroatoms. The number of nitrogens with one attached hydrogen (secondary N) is 2. The highest BCUT2D eigenvalue weighted by atomic mass is 32.1. The zero-order valence-corrected chi connectivity index (χ0v) is 13.6. The summed E-state index contributed by atoms with van der Waals surface area (Å²) in [6, 6.07) is 0. The predicted octanol–water partition coefficient (Wildman–Crippen LogP) is 2.73. The van der Waals surface area contributed by atoms with Crippen LogP contribution in [0.25, 0.3) is 0 Å². The lowest BCUT2D eigenvalue weighted by Crippen LogP contribution is -2.43. The molecule has 1 aromatic heterocycles. The molecule has 0 aromatic carbocycles. The second-order valence-corrected chi connectivity index (χ2v) is 7.39. The van der Waals surface area contributed by atoms with E-state index in [0.29, 0.717) is 12.3 Å². The predicted molar refractivity (Wildman–Crippen MR) is 85.4 cm³/mol. The van der Waals surface area contributed by atoms with Crippen LogP contribution in [0.3, 0.4) is 0 Å². The van der Waals surface area contributed by atoms with Crippen LogP contribution in [0.4, 0.5) is 0 Å². The minimum absolute atomic E-state index is 0.177. The number of hydrogen-bond acceptors (Lipinski definition) is 4. The van der Waals surface area contributed by atoms with Crippen LogP contribution < -0.4 is 10.6 Å². The molecule has 1 aromatic rings. The SMILES string of the molecule is Cc1csc(C2(NC(=O)CCC3CCNC3)CCCC2)n1. The van der Waals surface area contributed by atoms with Crippen molar-refractivity contribution in [2.24, 2.45) is 5.92 Å². The molecule has 2 fully saturated rings. The Bertz CT molecular complexity index is 487. The zero-order valence-electron chi connectivity index (χ0n) is 12.8. The summed E-state index contributed by atoms with van der Waals surface area (Å²) in [7, 11) is 0. The van der Waals surface area contributed by atoms with Crippen LogP contribution in [-0.2, 0) is 10.3 Å². The van der Waals surface area contributed by atoms with Crippen molar-refractivity contribution in [2.75, 3.05) is 13.1 Å². The second-order valence-electron chi connectivity index (χ2n) is 6.53. The van der Waals surface area contributed by atoms with Gasteiger partial charge in [-0.1, -0.05) is 12.8 Å². The first kappa shape index (κ1) is 15.0. The molecule has 1 atom stereocenters. The molecular weight excluding hydrogens is 282 g/mol. The monoisotopic (exact) mass is 307 g/mol. The summed E-state index contributed by atoms with van der Waals surface area (Å²) in [5.74, 6) is 0.883. The number of amides is 1. The summed E-state index contributed by atoms with van der Waals surface area (Å²) >= 11 is 1.70. The molecular formula is C16H25N3OS. The number of rotatable bonds is 5. The van der Waals surface area contributed by atoms with E-state index in [4.69, 9.17) is 0 Å². The topological polar surface area (TPSA) is 54.0 Å². The van der Waals surface area contributed by atoms with Gasteiger partial charge in [-0.25, -0.2) is 4.98 Å². The van der Waals surface area contributed by atoms with E-state index in [1.165, 1.54) is 19.3 Å². The van der Waals surface area contributed by atoms with Crippen LogP contribution in [0, 0.1) is 12.8 Å². The first-order valence-corrected chi connectivity index (χ1v) is 9.00. The summed E-state index contributed by atoms with van der Waals surface area (Å²) in [5, 5.41) is 9.89. The van der Waals surface area contributed by atoms with Crippen molar-refractivity contribution in [3.05, 3.63) is 16.1 Å². The molecule has 2 N–H and O–H groups in total. The van der Waals surface area contributed by atoms with Gasteiger partial charge in [-0.15, -0.1) is 11.3 Å². The Morgan fingerprint density at radius 1 is 1.52 bits per heavy atom. The van der Waals surface area contributed by atoms with E-state index in [0.717, 1.165) is 43.1 Å². The number of carbonyl (C=O) groups excluding carboxylic acids is 1. The Morgan fingerprint density at radius 2 is 2.33 bits per heavy atom. The van der Waals surface area contributed by atoms with Gasteiger partial charge in [0.2, 0.25) is 5.91 Å². The Balaban J connectivity index is 1.60. The maximum Gasteiger partial charge on any atom is 0.220 e. The van der Waals surface area contributed by atoms with Crippen LogP contribution in [0.2, 0.25) is 0 Å². The van der Waals surface area contributed by atoms with Crippen molar-refractivity contribution < 1.29 is 4.79 Å². The second kappa shape index (κ2) is 6.44. The highest BCUT2D eigenvalue weighted by molar-refractivity contribution is 7.09. The van der Waals surface area contributed by atoms with E-state index in [9.17, 15) is 4.79 Å². The molecule has 1 unspecified atom stereocenters. The molecule has 1 amide bonds. The molecule has 0 bridgehead atoms. The number of hydrogen-bond donors (Lipinski definition) is 2. The van der Waals surface area contributed by atoms with Gasteiger partial charge in [0.15, 0.2) is 0 Å². The standard InChI is InChI=1S/C16H25N3OS/c1-12-11-21-15(18-12)16(7-2-3-8-16)19-14(20)5-4-13-6-9-17-10-13/h11,13,17H,2-10H2,1H3,(H,19,20). The Hall–Kier alpha value is -0.940. The van der Waals surface area contributed by atoms with Crippen LogP contribution in [0.1, 0.15) is 55.6 Å². The third-order valence-electron chi connectivity index (χ3n) is 4.81. The van der Waals surface area contributed by atoms with E-state index in [1.807, 2.05) is 6.92 Å². The van der Waals surface area contributed by atoms with Crippen molar-refractivity contribution in [1.29, 1.82) is 0 Å². The fraction of sp³-hybridized carbons (Fsp3) is 0.750. The van der Waals surface area contributed by atoms with Gasteiger partial charge in [0.1, 0.15) is 5.01 Å². The number of thiazole rings is 1. The quantitative estimate of drug-likeness (QED) is 0.879. The van der Waals surface area contributed by atoms with E-state index < -0.39 is 0 Å². The highest BCUT2D eigenvalue weighted by Crippen LogP contribution is 2.40. The van der Waals surface area contributed by atoms with Gasteiger partial charge < -0.3 is 10.6 Å². The maximum absolute atomic E-state index is 12.4. The zero-order chi connectivity index (χ0) is 14.7. The molecule has 2 heterocycles. The molecule has 1 saturated carbocycles. The van der Waals surface area contributed by atoms with E-state index in [1.54, 1.807) is 11.3 Å². The molecule has 0 spiro atoms. The van der Waals surface area contributed by atoms with Gasteiger partial charge in [0.25, 0.3) is 0 Å². The number of aryl methyl sites for hydroxylation is 1. The van der Waals surface area contributed by atoms with Crippen LogP contribution >= 0.6 is 11.3 Å². The Morgan fingerprint density at radius 3 is 2.95 bits per heavy atom. The van der Waals surface area contributed by atoms with Gasteiger partial charge in [0, 0.05) is 17.5 Å². The Labute approximate surface area is 130 Å². The van der Waals surface area contributed by atoms with Gasteiger partial charge in [-0.05, 0) is 51.6 Å². The number of nitrogens with zero attached hydrogens (tertiary/aromatic N) is 1. The van der Waals surface area contributed by atoms with E-state index in [2.05, 4.69) is 21.0 Å². The average Bonchev–Trinajstić information content (AvgIpc) is 3.17. The van der Waals surface area contributed by atoms with E-state index >= 15 is 0 Å². The Kier molecular flexibility index (Phi) is 4.60. The summed E-state index contributed by atoms with van der Waals surface area (Å²) in [5.41, 5.74) is 0.886. The summed E-state index contributed by atoms with van der Waals surface area (Å²) < 4.78 is 0. The fourth-order valence-corrected chi connectivity index (χ4v) is 4.58. The van der Waals surface area contributed by atoms with Crippen molar-refractivity contribution in [2.45, 2.75) is 57.4 Å². The maximum atomic E-state index is 12.4.